The van der Waals surface area contributed by atoms with Crippen LogP contribution in [0.15, 0.2) is 47.8 Å². The average Bonchev–Trinajstić information content (AvgIpc) is 3.16. The van der Waals surface area contributed by atoms with Gasteiger partial charge in [-0.25, -0.2) is 4.98 Å². The van der Waals surface area contributed by atoms with Crippen LogP contribution in [0.2, 0.25) is 0 Å². The lowest BCUT2D eigenvalue weighted by molar-refractivity contribution is -0.114. The number of aromatic nitrogens is 1. The molecule has 3 aromatic rings. The fourth-order valence-corrected chi connectivity index (χ4v) is 4.18. The molecular weight excluding hydrogens is 370 g/mol. The van der Waals surface area contributed by atoms with Gasteiger partial charge in [0, 0.05) is 29.1 Å². The average molecular weight is 391 g/mol. The van der Waals surface area contributed by atoms with E-state index in [0.29, 0.717) is 16.4 Å². The Morgan fingerprint density at radius 1 is 1.00 bits per heavy atom. The van der Waals surface area contributed by atoms with E-state index in [1.54, 1.807) is 24.3 Å². The summed E-state index contributed by atoms with van der Waals surface area (Å²) in [5.74, 6) is -0.425. The number of aryl methyl sites for hydroxylation is 2. The summed E-state index contributed by atoms with van der Waals surface area (Å²) >= 11 is 1.41. The highest BCUT2D eigenvalue weighted by molar-refractivity contribution is 7.14. The number of fused-ring (bicyclic) bond motifs is 1. The van der Waals surface area contributed by atoms with Gasteiger partial charge < -0.3 is 5.32 Å². The number of hydrogen-bond acceptors (Lipinski definition) is 4. The van der Waals surface area contributed by atoms with Crippen LogP contribution < -0.4 is 10.6 Å². The number of carbonyl (C=O) groups excluding carboxylic acids is 2. The second-order valence-corrected chi connectivity index (χ2v) is 7.80. The summed E-state index contributed by atoms with van der Waals surface area (Å²) < 4.78 is 0. The summed E-state index contributed by atoms with van der Waals surface area (Å²) in [6.45, 7) is 1.44. The fraction of sp³-hybridized carbons (Fsp3) is 0.227. The van der Waals surface area contributed by atoms with Gasteiger partial charge >= 0.3 is 0 Å². The largest absolute Gasteiger partial charge is 0.326 e. The van der Waals surface area contributed by atoms with Gasteiger partial charge in [-0.2, -0.15) is 0 Å². The van der Waals surface area contributed by atoms with Gasteiger partial charge in [0.05, 0.1) is 5.69 Å². The van der Waals surface area contributed by atoms with Crippen LogP contribution in [-0.4, -0.2) is 16.8 Å². The number of thiazole rings is 1. The molecule has 5 nitrogen and oxygen atoms in total. The van der Waals surface area contributed by atoms with Crippen molar-refractivity contribution in [1.82, 2.24) is 4.98 Å². The molecule has 2 N–H and O–H groups in total. The predicted molar refractivity (Wildman–Crippen MR) is 113 cm³/mol. The molecule has 0 spiro atoms. The van der Waals surface area contributed by atoms with Crippen molar-refractivity contribution in [3.05, 3.63) is 64.5 Å². The van der Waals surface area contributed by atoms with Crippen LogP contribution in [0.25, 0.3) is 11.3 Å². The molecule has 1 aliphatic rings. The van der Waals surface area contributed by atoms with Gasteiger partial charge in [-0.05, 0) is 61.1 Å². The van der Waals surface area contributed by atoms with Gasteiger partial charge in [-0.15, -0.1) is 11.3 Å². The van der Waals surface area contributed by atoms with Gasteiger partial charge in [0.2, 0.25) is 5.91 Å². The van der Waals surface area contributed by atoms with Gasteiger partial charge in [0.15, 0.2) is 5.13 Å². The summed E-state index contributed by atoms with van der Waals surface area (Å²) in [7, 11) is 0. The first-order valence-electron chi connectivity index (χ1n) is 9.35. The first kappa shape index (κ1) is 18.4. The van der Waals surface area contributed by atoms with Crippen molar-refractivity contribution in [2.24, 2.45) is 0 Å². The molecule has 0 bridgehead atoms. The van der Waals surface area contributed by atoms with E-state index >= 15 is 0 Å². The molecule has 0 unspecified atom stereocenters. The Kier molecular flexibility index (Phi) is 5.21. The minimum absolute atomic E-state index is 0.174. The smallest absolute Gasteiger partial charge is 0.257 e. The van der Waals surface area contributed by atoms with Crippen LogP contribution in [0.4, 0.5) is 10.8 Å². The van der Waals surface area contributed by atoms with Gasteiger partial charge in [-0.3, -0.25) is 14.9 Å². The number of amides is 2. The molecule has 0 saturated carbocycles. The van der Waals surface area contributed by atoms with E-state index in [4.69, 9.17) is 0 Å². The highest BCUT2D eigenvalue weighted by Crippen LogP contribution is 2.29. The van der Waals surface area contributed by atoms with E-state index in [-0.39, 0.29) is 11.8 Å². The van der Waals surface area contributed by atoms with Crippen LogP contribution in [-0.2, 0) is 17.6 Å². The number of nitrogens with zero attached hydrogens (tertiary/aromatic N) is 1. The molecule has 28 heavy (non-hydrogen) atoms. The van der Waals surface area contributed by atoms with Crippen molar-refractivity contribution in [2.75, 3.05) is 10.6 Å². The molecule has 0 aliphatic heterocycles. The second-order valence-electron chi connectivity index (χ2n) is 6.94. The van der Waals surface area contributed by atoms with Crippen molar-refractivity contribution in [3.8, 4) is 11.3 Å². The number of nitrogens with one attached hydrogen (secondary N) is 2. The lowest BCUT2D eigenvalue weighted by atomic mass is 9.90. The van der Waals surface area contributed by atoms with E-state index in [1.807, 2.05) is 5.38 Å². The van der Waals surface area contributed by atoms with Crippen LogP contribution in [0.1, 0.15) is 41.3 Å². The third-order valence-corrected chi connectivity index (χ3v) is 5.57. The molecule has 6 heteroatoms. The molecular formula is C22H21N3O2S. The Morgan fingerprint density at radius 2 is 1.82 bits per heavy atom. The lowest BCUT2D eigenvalue weighted by Gasteiger charge is -2.16. The molecule has 0 saturated heterocycles. The van der Waals surface area contributed by atoms with Crippen molar-refractivity contribution in [3.63, 3.8) is 0 Å². The van der Waals surface area contributed by atoms with E-state index < -0.39 is 0 Å². The molecule has 4 rings (SSSR count). The Balaban J connectivity index is 1.49. The first-order valence-corrected chi connectivity index (χ1v) is 10.2. The molecule has 0 atom stereocenters. The SMILES string of the molecule is CC(=O)Nc1cccc(C(=O)Nc2nc(-c3ccc4c(c3)CCCC4)cs2)c1. The van der Waals surface area contributed by atoms with Crippen molar-refractivity contribution in [2.45, 2.75) is 32.6 Å². The predicted octanol–water partition coefficient (Wildman–Crippen LogP) is 4.90. The molecule has 142 valence electrons. The zero-order chi connectivity index (χ0) is 19.5. The number of rotatable bonds is 4. The zero-order valence-electron chi connectivity index (χ0n) is 15.6. The Bertz CT molecular complexity index is 1040. The Morgan fingerprint density at radius 3 is 2.64 bits per heavy atom. The topological polar surface area (TPSA) is 71.1 Å². The molecule has 0 radical (unpaired) electrons. The summed E-state index contributed by atoms with van der Waals surface area (Å²) in [5, 5.41) is 8.05. The van der Waals surface area contributed by atoms with Crippen LogP contribution in [0.5, 0.6) is 0 Å². The number of benzene rings is 2. The number of hydrogen-bond donors (Lipinski definition) is 2. The minimum Gasteiger partial charge on any atom is -0.326 e. The molecule has 2 aromatic carbocycles. The summed E-state index contributed by atoms with van der Waals surface area (Å²) in [6.07, 6.45) is 4.79. The molecule has 2 amide bonds. The fourth-order valence-electron chi connectivity index (χ4n) is 3.47. The van der Waals surface area contributed by atoms with Gasteiger partial charge in [0.25, 0.3) is 5.91 Å². The van der Waals surface area contributed by atoms with Crippen LogP contribution in [0, 0.1) is 0 Å². The maximum atomic E-state index is 12.5. The lowest BCUT2D eigenvalue weighted by Crippen LogP contribution is -2.13. The Hall–Kier alpha value is -2.99. The summed E-state index contributed by atoms with van der Waals surface area (Å²) in [6, 6.07) is 13.4. The van der Waals surface area contributed by atoms with Crippen LogP contribution in [0.3, 0.4) is 0 Å². The molecule has 1 heterocycles. The number of carbonyl (C=O) groups is 2. The van der Waals surface area contributed by atoms with Crippen molar-refractivity contribution in [1.29, 1.82) is 0 Å². The highest BCUT2D eigenvalue weighted by Gasteiger charge is 2.13. The molecule has 1 aromatic heterocycles. The Labute approximate surface area is 167 Å². The van der Waals surface area contributed by atoms with E-state index in [1.165, 1.54) is 42.2 Å². The first-order chi connectivity index (χ1) is 13.6. The molecule has 1 aliphatic carbocycles. The zero-order valence-corrected chi connectivity index (χ0v) is 16.4. The third kappa shape index (κ3) is 4.12. The number of anilines is 2. The standard InChI is InChI=1S/C22H21N3O2S/c1-14(26)23-19-8-4-7-18(12-19)21(27)25-22-24-20(13-28-22)17-10-9-15-5-2-3-6-16(15)11-17/h4,7-13H,2-3,5-6H2,1H3,(H,23,26)(H,24,25,27). The third-order valence-electron chi connectivity index (χ3n) is 4.81. The maximum Gasteiger partial charge on any atom is 0.257 e. The highest BCUT2D eigenvalue weighted by atomic mass is 32.1. The monoisotopic (exact) mass is 391 g/mol. The van der Waals surface area contributed by atoms with Gasteiger partial charge in [0.1, 0.15) is 0 Å². The summed E-state index contributed by atoms with van der Waals surface area (Å²) in [5.41, 5.74) is 5.88. The van der Waals surface area contributed by atoms with Crippen molar-refractivity contribution < 1.29 is 9.59 Å². The maximum absolute atomic E-state index is 12.5. The molecule has 0 fully saturated rings. The summed E-state index contributed by atoms with van der Waals surface area (Å²) in [4.78, 5) is 28.3. The van der Waals surface area contributed by atoms with E-state index in [2.05, 4.69) is 33.8 Å². The normalized spacial score (nSPS) is 12.9. The van der Waals surface area contributed by atoms with E-state index in [9.17, 15) is 9.59 Å². The van der Waals surface area contributed by atoms with Crippen molar-refractivity contribution >= 4 is 34.0 Å². The van der Waals surface area contributed by atoms with Gasteiger partial charge in [-0.1, -0.05) is 18.2 Å². The quantitative estimate of drug-likeness (QED) is 0.664. The van der Waals surface area contributed by atoms with Crippen LogP contribution >= 0.6 is 11.3 Å². The minimum atomic E-state index is -0.251. The second kappa shape index (κ2) is 7.94. The van der Waals surface area contributed by atoms with E-state index in [0.717, 1.165) is 24.1 Å².